The number of halogens is 5. The first-order chi connectivity index (χ1) is 30.6. The molecule has 0 atom stereocenters. The largest absolute Gasteiger partial charge is 0.489 e. The molecule has 0 bridgehead atoms. The van der Waals surface area contributed by atoms with Gasteiger partial charge in [-0.2, -0.15) is 13.2 Å². The van der Waals surface area contributed by atoms with Crippen molar-refractivity contribution in [2.45, 2.75) is 38.6 Å². The van der Waals surface area contributed by atoms with Crippen molar-refractivity contribution in [1.82, 2.24) is 24.5 Å². The van der Waals surface area contributed by atoms with Crippen LogP contribution in [0.3, 0.4) is 0 Å². The van der Waals surface area contributed by atoms with Crippen LogP contribution in [0.25, 0.3) is 0 Å². The van der Waals surface area contributed by atoms with Gasteiger partial charge in [0.2, 0.25) is 11.8 Å². The number of alkyl halides is 3. The predicted octanol–water partition coefficient (Wildman–Crippen LogP) is 5.67. The highest BCUT2D eigenvalue weighted by Gasteiger charge is 2.34. The van der Waals surface area contributed by atoms with Gasteiger partial charge in [0.15, 0.2) is 0 Å². The number of hydrogen-bond acceptors (Lipinski definition) is 9. The molecule has 0 saturated carbocycles. The number of carbonyl (C=O) groups is 3. The molecule has 340 valence electrons. The number of amides is 3. The minimum absolute atomic E-state index is 0.00405. The minimum atomic E-state index is -4.80. The standard InChI is InChI=1S/C47H53F5N8O4/c48-40-8-5-32(25-42(54)36-3-1-2-4-37(36)45(55)62)23-38(40)46(63)60-21-19-59(20-22-60)44(61)29-58-17-15-57(16-18-58)27-31-11-13-56(14-12-31)28-34-26-35(53)7-10-43(34)64-30-33-6-9-41(49)39(24-33)47(50,51)52/h1-10,23-24,26,31,54H,11-22,25,27-30,53H2,(H2,55,62). The molecule has 3 aliphatic heterocycles. The molecule has 4 aromatic carbocycles. The van der Waals surface area contributed by atoms with Crippen LogP contribution in [0.5, 0.6) is 5.75 Å². The average Bonchev–Trinajstić information content (AvgIpc) is 3.28. The summed E-state index contributed by atoms with van der Waals surface area (Å²) < 4.78 is 74.4. The van der Waals surface area contributed by atoms with Crippen LogP contribution >= 0.6 is 0 Å². The number of carbonyl (C=O) groups excluding carboxylic acids is 3. The zero-order chi connectivity index (χ0) is 45.5. The maximum atomic E-state index is 15.0. The van der Waals surface area contributed by atoms with Crippen LogP contribution in [0.1, 0.15) is 61.4 Å². The van der Waals surface area contributed by atoms with E-state index >= 15 is 0 Å². The van der Waals surface area contributed by atoms with E-state index in [2.05, 4.69) is 14.7 Å². The fourth-order valence-electron chi connectivity index (χ4n) is 8.69. The van der Waals surface area contributed by atoms with Gasteiger partial charge in [0.25, 0.3) is 5.91 Å². The molecule has 64 heavy (non-hydrogen) atoms. The Kier molecular flexibility index (Phi) is 14.6. The number of piperazine rings is 2. The van der Waals surface area contributed by atoms with Gasteiger partial charge in [-0.3, -0.25) is 24.2 Å². The number of nitrogens with one attached hydrogen (secondary N) is 1. The summed E-state index contributed by atoms with van der Waals surface area (Å²) in [5, 5.41) is 8.56. The van der Waals surface area contributed by atoms with Crippen LogP contribution < -0.4 is 16.2 Å². The predicted molar refractivity (Wildman–Crippen MR) is 232 cm³/mol. The number of nitrogens with zero attached hydrogens (tertiary/aromatic N) is 5. The van der Waals surface area contributed by atoms with E-state index < -0.39 is 35.2 Å². The summed E-state index contributed by atoms with van der Waals surface area (Å²) in [4.78, 5) is 48.9. The Labute approximate surface area is 369 Å². The summed E-state index contributed by atoms with van der Waals surface area (Å²) in [7, 11) is 0. The molecule has 0 spiro atoms. The van der Waals surface area contributed by atoms with Gasteiger partial charge in [-0.05, 0) is 91.5 Å². The Hall–Kier alpha value is -5.91. The molecule has 12 nitrogen and oxygen atoms in total. The van der Waals surface area contributed by atoms with Crippen LogP contribution in [0.4, 0.5) is 27.6 Å². The lowest BCUT2D eigenvalue weighted by molar-refractivity contribution is -0.140. The lowest BCUT2D eigenvalue weighted by Crippen LogP contribution is -2.55. The van der Waals surface area contributed by atoms with Crippen molar-refractivity contribution in [2.75, 3.05) is 84.3 Å². The van der Waals surface area contributed by atoms with Crippen molar-refractivity contribution in [2.24, 2.45) is 11.7 Å². The number of ether oxygens (including phenoxy) is 1. The van der Waals surface area contributed by atoms with E-state index in [0.29, 0.717) is 48.1 Å². The van der Waals surface area contributed by atoms with Crippen molar-refractivity contribution < 1.29 is 41.1 Å². The topological polar surface area (TPSA) is 153 Å². The lowest BCUT2D eigenvalue weighted by Gasteiger charge is -2.40. The number of primary amides is 1. The van der Waals surface area contributed by atoms with Gasteiger partial charge in [0, 0.05) is 100.0 Å². The van der Waals surface area contributed by atoms with Crippen molar-refractivity contribution >= 4 is 29.1 Å². The van der Waals surface area contributed by atoms with E-state index in [0.717, 1.165) is 76.4 Å². The van der Waals surface area contributed by atoms with E-state index in [9.17, 15) is 36.3 Å². The number of piperidine rings is 1. The summed E-state index contributed by atoms with van der Waals surface area (Å²) in [5.41, 5.74) is 13.0. The SMILES string of the molecule is N=C(Cc1ccc(F)c(C(=O)N2CCN(C(=O)CN3CCN(CC4CCN(Cc5cc(N)ccc5OCc5ccc(F)c(C(F)(F)F)c5)CC4)CC3)CC2)c1)c1ccccc1C(N)=O. The van der Waals surface area contributed by atoms with Crippen LogP contribution in [-0.2, 0) is 30.5 Å². The van der Waals surface area contributed by atoms with Crippen LogP contribution in [-0.4, -0.2) is 126 Å². The van der Waals surface area contributed by atoms with Crippen LogP contribution in [0.2, 0.25) is 0 Å². The Morgan fingerprint density at radius 1 is 0.703 bits per heavy atom. The Morgan fingerprint density at radius 3 is 2.03 bits per heavy atom. The maximum Gasteiger partial charge on any atom is 0.419 e. The van der Waals surface area contributed by atoms with Crippen LogP contribution in [0.15, 0.2) is 78.9 Å². The Morgan fingerprint density at radius 2 is 1.34 bits per heavy atom. The number of anilines is 1. The van der Waals surface area contributed by atoms with Crippen molar-refractivity contribution in [1.29, 1.82) is 5.41 Å². The van der Waals surface area contributed by atoms with Gasteiger partial charge in [0.05, 0.1) is 17.7 Å². The average molecular weight is 889 g/mol. The molecule has 3 saturated heterocycles. The first kappa shape index (κ1) is 46.1. The van der Waals surface area contributed by atoms with E-state index in [1.807, 2.05) is 6.07 Å². The highest BCUT2D eigenvalue weighted by Crippen LogP contribution is 2.33. The van der Waals surface area contributed by atoms with Gasteiger partial charge < -0.3 is 36.3 Å². The van der Waals surface area contributed by atoms with Crippen LogP contribution in [0, 0.1) is 23.0 Å². The maximum absolute atomic E-state index is 15.0. The molecule has 4 aromatic rings. The zero-order valence-electron chi connectivity index (χ0n) is 35.5. The molecule has 7 rings (SSSR count). The Bertz CT molecular complexity index is 2340. The molecular weight excluding hydrogens is 836 g/mol. The van der Waals surface area contributed by atoms with E-state index in [1.165, 1.54) is 24.3 Å². The molecular formula is C47H53F5N8O4. The molecule has 3 amide bonds. The summed E-state index contributed by atoms with van der Waals surface area (Å²) >= 11 is 0. The van der Waals surface area contributed by atoms with Crippen molar-refractivity contribution in [3.63, 3.8) is 0 Å². The third-order valence-electron chi connectivity index (χ3n) is 12.3. The molecule has 0 unspecified atom stereocenters. The number of nitrogens with two attached hydrogens (primary N) is 2. The first-order valence-electron chi connectivity index (χ1n) is 21.5. The van der Waals surface area contributed by atoms with E-state index in [-0.39, 0.29) is 61.0 Å². The highest BCUT2D eigenvalue weighted by atomic mass is 19.4. The normalized spacial score (nSPS) is 17.1. The summed E-state index contributed by atoms with van der Waals surface area (Å²) in [6.45, 7) is 7.82. The van der Waals surface area contributed by atoms with Crippen molar-refractivity contribution in [3.8, 4) is 5.75 Å². The van der Waals surface area contributed by atoms with Crippen molar-refractivity contribution in [3.05, 3.63) is 129 Å². The smallest absolute Gasteiger partial charge is 0.419 e. The minimum Gasteiger partial charge on any atom is -0.489 e. The molecule has 5 N–H and O–H groups in total. The number of likely N-dealkylation sites (tertiary alicyclic amines) is 1. The Balaban J connectivity index is 0.814. The molecule has 3 aliphatic rings. The molecule has 0 aliphatic carbocycles. The third kappa shape index (κ3) is 11.6. The van der Waals surface area contributed by atoms with Gasteiger partial charge in [-0.15, -0.1) is 0 Å². The quantitative estimate of drug-likeness (QED) is 0.0833. The second-order valence-corrected chi connectivity index (χ2v) is 16.8. The molecule has 3 heterocycles. The highest BCUT2D eigenvalue weighted by molar-refractivity contribution is 6.09. The zero-order valence-corrected chi connectivity index (χ0v) is 35.5. The fourth-order valence-corrected chi connectivity index (χ4v) is 8.69. The molecule has 3 fully saturated rings. The second-order valence-electron chi connectivity index (χ2n) is 16.8. The third-order valence-corrected chi connectivity index (χ3v) is 12.3. The molecule has 0 aromatic heterocycles. The van der Waals surface area contributed by atoms with E-state index in [4.69, 9.17) is 21.6 Å². The monoisotopic (exact) mass is 888 g/mol. The number of rotatable bonds is 14. The number of benzene rings is 4. The van der Waals surface area contributed by atoms with Gasteiger partial charge >= 0.3 is 6.18 Å². The number of hydrogen-bond donors (Lipinski definition) is 3. The second kappa shape index (κ2) is 20.3. The molecule has 0 radical (unpaired) electrons. The summed E-state index contributed by atoms with van der Waals surface area (Å²) in [5.74, 6) is -2.11. The van der Waals surface area contributed by atoms with E-state index in [1.54, 1.807) is 46.2 Å². The molecule has 17 heteroatoms. The van der Waals surface area contributed by atoms with Gasteiger partial charge in [-0.25, -0.2) is 8.78 Å². The van der Waals surface area contributed by atoms with Gasteiger partial charge in [0.1, 0.15) is 24.0 Å². The number of nitrogen functional groups attached to an aromatic ring is 1. The summed E-state index contributed by atoms with van der Waals surface area (Å²) in [6, 6.07) is 18.8. The summed E-state index contributed by atoms with van der Waals surface area (Å²) in [6.07, 6.45) is -2.74. The fraction of sp³-hybridized carbons (Fsp3) is 0.404. The lowest BCUT2D eigenvalue weighted by atomic mass is 9.95. The van der Waals surface area contributed by atoms with Gasteiger partial charge in [-0.1, -0.05) is 30.3 Å². The first-order valence-corrected chi connectivity index (χ1v) is 21.5.